The number of hydrogen-bond acceptors (Lipinski definition) is 2. The van der Waals surface area contributed by atoms with Crippen LogP contribution in [-0.2, 0) is 4.74 Å². The molecule has 1 aromatic carbocycles. The first-order valence-corrected chi connectivity index (χ1v) is 5.53. The van der Waals surface area contributed by atoms with Crippen LogP contribution in [0.2, 0.25) is 0 Å². The van der Waals surface area contributed by atoms with E-state index in [4.69, 9.17) is 4.74 Å². The van der Waals surface area contributed by atoms with Crippen molar-refractivity contribution in [1.82, 2.24) is 0 Å². The molecule has 0 saturated carbocycles. The minimum Gasteiger partial charge on any atom is -0.441 e. The molecule has 1 aliphatic rings. The zero-order valence-electron chi connectivity index (χ0n) is 8.66. The van der Waals surface area contributed by atoms with Crippen molar-refractivity contribution in [2.75, 3.05) is 11.4 Å². The van der Waals surface area contributed by atoms with Gasteiger partial charge in [-0.3, -0.25) is 4.90 Å². The van der Waals surface area contributed by atoms with E-state index in [9.17, 15) is 4.79 Å². The molecule has 3 nitrogen and oxygen atoms in total. The molecule has 0 radical (unpaired) electrons. The van der Waals surface area contributed by atoms with Crippen LogP contribution in [0.15, 0.2) is 28.7 Å². The zero-order chi connectivity index (χ0) is 11.1. The molecule has 0 N–H and O–H groups in total. The van der Waals surface area contributed by atoms with E-state index in [-0.39, 0.29) is 6.09 Å². The predicted octanol–water partition coefficient (Wildman–Crippen LogP) is 3.18. The lowest BCUT2D eigenvalue weighted by Crippen LogP contribution is -2.28. The maximum absolute atomic E-state index is 11.6. The van der Waals surface area contributed by atoms with Crippen molar-refractivity contribution in [3.63, 3.8) is 0 Å². The third kappa shape index (κ3) is 2.15. The van der Waals surface area contributed by atoms with Gasteiger partial charge in [0.05, 0.1) is 6.54 Å². The minimum atomic E-state index is -0.399. The molecule has 1 fully saturated rings. The van der Waals surface area contributed by atoms with Gasteiger partial charge >= 0.3 is 6.09 Å². The Kier molecular flexibility index (Phi) is 2.46. The fourth-order valence-electron chi connectivity index (χ4n) is 1.59. The summed E-state index contributed by atoms with van der Waals surface area (Å²) in [5.74, 6) is 0. The van der Waals surface area contributed by atoms with Crippen LogP contribution in [0, 0.1) is 0 Å². The van der Waals surface area contributed by atoms with E-state index in [2.05, 4.69) is 15.9 Å². The Morgan fingerprint density at radius 1 is 1.33 bits per heavy atom. The van der Waals surface area contributed by atoms with Gasteiger partial charge in [-0.05, 0) is 38.1 Å². The van der Waals surface area contributed by atoms with E-state index in [0.717, 1.165) is 10.2 Å². The van der Waals surface area contributed by atoms with Crippen molar-refractivity contribution in [1.29, 1.82) is 0 Å². The summed E-state index contributed by atoms with van der Waals surface area (Å²) in [6.45, 7) is 4.40. The highest BCUT2D eigenvalue weighted by molar-refractivity contribution is 9.10. The first kappa shape index (κ1) is 10.5. The summed E-state index contributed by atoms with van der Waals surface area (Å²) in [6, 6.07) is 7.61. The first-order valence-electron chi connectivity index (χ1n) is 4.74. The predicted molar refractivity (Wildman–Crippen MR) is 62.0 cm³/mol. The van der Waals surface area contributed by atoms with Crippen LogP contribution in [0.3, 0.4) is 0 Å². The van der Waals surface area contributed by atoms with E-state index >= 15 is 0 Å². The van der Waals surface area contributed by atoms with Gasteiger partial charge in [-0.2, -0.15) is 0 Å². The summed E-state index contributed by atoms with van der Waals surface area (Å²) >= 11 is 3.36. The number of nitrogens with zero attached hydrogens (tertiary/aromatic N) is 1. The van der Waals surface area contributed by atoms with Gasteiger partial charge in [0.2, 0.25) is 0 Å². The molecule has 0 aromatic heterocycles. The topological polar surface area (TPSA) is 29.5 Å². The first-order chi connectivity index (χ1) is 6.98. The lowest BCUT2D eigenvalue weighted by molar-refractivity contribution is 0.0871. The quantitative estimate of drug-likeness (QED) is 0.784. The molecule has 0 atom stereocenters. The van der Waals surface area contributed by atoms with E-state index in [0.29, 0.717) is 6.54 Å². The van der Waals surface area contributed by atoms with E-state index in [1.165, 1.54) is 0 Å². The molecule has 0 aliphatic carbocycles. The highest BCUT2D eigenvalue weighted by Gasteiger charge is 2.38. The SMILES string of the molecule is CC1(C)CN(c2ccc(Br)cc2)C(=O)O1. The van der Waals surface area contributed by atoms with Crippen LogP contribution < -0.4 is 4.90 Å². The minimum absolute atomic E-state index is 0.276. The Morgan fingerprint density at radius 3 is 2.40 bits per heavy atom. The largest absolute Gasteiger partial charge is 0.441 e. The number of rotatable bonds is 1. The Bertz CT molecular complexity index is 386. The average Bonchev–Trinajstić information content (AvgIpc) is 2.41. The van der Waals surface area contributed by atoms with E-state index < -0.39 is 5.60 Å². The molecule has 15 heavy (non-hydrogen) atoms. The number of amides is 1. The molecule has 0 unspecified atom stereocenters. The van der Waals surface area contributed by atoms with Gasteiger partial charge in [0.15, 0.2) is 0 Å². The third-order valence-corrected chi connectivity index (χ3v) is 2.79. The Hall–Kier alpha value is -1.03. The Balaban J connectivity index is 2.25. The van der Waals surface area contributed by atoms with Crippen LogP contribution in [0.5, 0.6) is 0 Å². The third-order valence-electron chi connectivity index (χ3n) is 2.26. The van der Waals surface area contributed by atoms with Crippen LogP contribution in [0.25, 0.3) is 0 Å². The molecule has 1 heterocycles. The van der Waals surface area contributed by atoms with Crippen LogP contribution in [-0.4, -0.2) is 18.2 Å². The number of benzene rings is 1. The maximum atomic E-state index is 11.6. The molecule has 1 aromatic rings. The number of hydrogen-bond donors (Lipinski definition) is 0. The van der Waals surface area contributed by atoms with Crippen molar-refractivity contribution < 1.29 is 9.53 Å². The molecule has 1 aliphatic heterocycles. The second-order valence-corrected chi connectivity index (χ2v) is 5.11. The smallest absolute Gasteiger partial charge is 0.415 e. The van der Waals surface area contributed by atoms with E-state index in [1.807, 2.05) is 38.1 Å². The summed E-state index contributed by atoms with van der Waals surface area (Å²) in [5.41, 5.74) is 0.471. The summed E-state index contributed by atoms with van der Waals surface area (Å²) in [7, 11) is 0. The van der Waals surface area contributed by atoms with Crippen LogP contribution in [0.1, 0.15) is 13.8 Å². The molecule has 1 saturated heterocycles. The zero-order valence-corrected chi connectivity index (χ0v) is 10.2. The van der Waals surface area contributed by atoms with Crippen molar-refractivity contribution in [3.8, 4) is 0 Å². The van der Waals surface area contributed by atoms with Gasteiger partial charge in [-0.25, -0.2) is 4.79 Å². The monoisotopic (exact) mass is 269 g/mol. The van der Waals surface area contributed by atoms with Crippen LogP contribution >= 0.6 is 15.9 Å². The molecular weight excluding hydrogens is 258 g/mol. The van der Waals surface area contributed by atoms with Gasteiger partial charge in [0.1, 0.15) is 5.60 Å². The number of ether oxygens (including phenoxy) is 1. The van der Waals surface area contributed by atoms with Crippen molar-refractivity contribution in [3.05, 3.63) is 28.7 Å². The Morgan fingerprint density at radius 2 is 1.93 bits per heavy atom. The maximum Gasteiger partial charge on any atom is 0.415 e. The normalized spacial score (nSPS) is 19.1. The van der Waals surface area contributed by atoms with Crippen molar-refractivity contribution >= 4 is 27.7 Å². The number of carbonyl (C=O) groups excluding carboxylic acids is 1. The molecule has 2 rings (SSSR count). The van der Waals surface area contributed by atoms with Gasteiger partial charge in [0, 0.05) is 10.2 Å². The van der Waals surface area contributed by atoms with Gasteiger partial charge in [-0.15, -0.1) is 0 Å². The van der Waals surface area contributed by atoms with Gasteiger partial charge in [0.25, 0.3) is 0 Å². The standard InChI is InChI=1S/C11H12BrNO2/c1-11(2)7-13(10(14)15-11)9-5-3-8(12)4-6-9/h3-6H,7H2,1-2H3. The summed E-state index contributed by atoms with van der Waals surface area (Å²) in [5, 5.41) is 0. The van der Waals surface area contributed by atoms with Crippen LogP contribution in [0.4, 0.5) is 10.5 Å². The van der Waals surface area contributed by atoms with Gasteiger partial charge < -0.3 is 4.74 Å². The second kappa shape index (κ2) is 3.52. The second-order valence-electron chi connectivity index (χ2n) is 4.19. The fraction of sp³-hybridized carbons (Fsp3) is 0.364. The summed E-state index contributed by atoms with van der Waals surface area (Å²) in [4.78, 5) is 13.2. The molecule has 0 spiro atoms. The number of halogens is 1. The van der Waals surface area contributed by atoms with E-state index in [1.54, 1.807) is 4.90 Å². The summed E-state index contributed by atoms with van der Waals surface area (Å²) in [6.07, 6.45) is -0.276. The molecule has 4 heteroatoms. The number of cyclic esters (lactones) is 1. The van der Waals surface area contributed by atoms with Crippen molar-refractivity contribution in [2.45, 2.75) is 19.4 Å². The molecule has 0 bridgehead atoms. The molecular formula is C11H12BrNO2. The molecule has 80 valence electrons. The highest BCUT2D eigenvalue weighted by Crippen LogP contribution is 2.28. The number of carbonyl (C=O) groups is 1. The average molecular weight is 270 g/mol. The highest BCUT2D eigenvalue weighted by atomic mass is 79.9. The lowest BCUT2D eigenvalue weighted by Gasteiger charge is -2.15. The van der Waals surface area contributed by atoms with Gasteiger partial charge in [-0.1, -0.05) is 15.9 Å². The van der Waals surface area contributed by atoms with Crippen molar-refractivity contribution in [2.24, 2.45) is 0 Å². The number of anilines is 1. The Labute approximate surface area is 97.2 Å². The lowest BCUT2D eigenvalue weighted by atomic mass is 10.1. The summed E-state index contributed by atoms with van der Waals surface area (Å²) < 4.78 is 6.22. The fourth-order valence-corrected chi connectivity index (χ4v) is 1.85. The molecule has 1 amide bonds.